The van der Waals surface area contributed by atoms with E-state index < -0.39 is 24.1 Å². The van der Waals surface area contributed by atoms with Crippen molar-refractivity contribution in [2.75, 3.05) is 12.0 Å². The Labute approximate surface area is 204 Å². The van der Waals surface area contributed by atoms with E-state index in [1.54, 1.807) is 4.90 Å². The fourth-order valence-electron chi connectivity index (χ4n) is 5.78. The number of ether oxygens (including phenoxy) is 1. The molecule has 1 fully saturated rings. The maximum absolute atomic E-state index is 12.6. The number of rotatable bonds is 4. The zero-order chi connectivity index (χ0) is 24.7. The van der Waals surface area contributed by atoms with E-state index in [2.05, 4.69) is 4.57 Å². The monoisotopic (exact) mass is 477 g/mol. The van der Waals surface area contributed by atoms with Crippen LogP contribution >= 0.6 is 0 Å². The lowest BCUT2D eigenvalue weighted by molar-refractivity contribution is -0.143. The summed E-state index contributed by atoms with van der Waals surface area (Å²) in [6.07, 6.45) is 2.96. The Morgan fingerprint density at radius 1 is 1.11 bits per heavy atom. The van der Waals surface area contributed by atoms with E-state index >= 15 is 0 Å². The lowest BCUT2D eigenvalue weighted by atomic mass is 9.85. The number of carbonyl (C=O) groups is 2. The third kappa shape index (κ3) is 4.05. The van der Waals surface area contributed by atoms with E-state index in [9.17, 15) is 19.8 Å². The summed E-state index contributed by atoms with van der Waals surface area (Å²) in [6.45, 7) is 2.00. The highest BCUT2D eigenvalue weighted by molar-refractivity contribution is 5.95. The summed E-state index contributed by atoms with van der Waals surface area (Å²) in [5.74, 6) is -0.676. The van der Waals surface area contributed by atoms with E-state index in [-0.39, 0.29) is 12.1 Å². The standard InChI is InChI=1S/C27H31N3O5/c1-16-11-12-20-21(29(16)27(34)35-2)13-14-22-23(20)28-25(24(31)17-7-4-3-5-8-17)30(22)19-10-6-9-18(15-19)26(32)33/h3-5,7-8,13-14,16,18-19,24,31H,6,9-12,15H2,1-2H3,(H,32,33)/t16-,18+,19-,24+/m0/s1. The van der Waals surface area contributed by atoms with E-state index in [1.807, 2.05) is 49.4 Å². The molecule has 0 bridgehead atoms. The zero-order valence-electron chi connectivity index (χ0n) is 20.1. The van der Waals surface area contributed by atoms with Gasteiger partial charge in [-0.3, -0.25) is 9.69 Å². The summed E-state index contributed by atoms with van der Waals surface area (Å²) >= 11 is 0. The smallest absolute Gasteiger partial charge is 0.414 e. The molecule has 184 valence electrons. The summed E-state index contributed by atoms with van der Waals surface area (Å²) < 4.78 is 7.11. The number of imidazole rings is 1. The fraction of sp³-hybridized carbons (Fsp3) is 0.444. The summed E-state index contributed by atoms with van der Waals surface area (Å²) in [6, 6.07) is 13.2. The van der Waals surface area contributed by atoms with Crippen LogP contribution in [-0.4, -0.2) is 45.0 Å². The molecule has 0 unspecified atom stereocenters. The molecule has 2 aromatic carbocycles. The van der Waals surface area contributed by atoms with Crippen molar-refractivity contribution < 1.29 is 24.5 Å². The Kier molecular flexibility index (Phi) is 6.23. The number of methoxy groups -OCH3 is 1. The number of hydrogen-bond acceptors (Lipinski definition) is 5. The first-order chi connectivity index (χ1) is 16.9. The molecule has 8 heteroatoms. The second kappa shape index (κ2) is 9.34. The number of aryl methyl sites for hydroxylation is 1. The molecule has 0 saturated heterocycles. The summed E-state index contributed by atoms with van der Waals surface area (Å²) in [5, 5.41) is 21.1. The number of anilines is 1. The Hall–Kier alpha value is -3.39. The molecule has 1 saturated carbocycles. The SMILES string of the molecule is COC(=O)N1c2ccc3c(nc([C@H](O)c4ccccc4)n3[C@H]3CCC[C@@H](C(=O)O)C3)c2CC[C@@H]1C. The zero-order valence-corrected chi connectivity index (χ0v) is 20.1. The highest BCUT2D eigenvalue weighted by Gasteiger charge is 2.35. The van der Waals surface area contributed by atoms with Gasteiger partial charge in [-0.15, -0.1) is 0 Å². The second-order valence-corrected chi connectivity index (χ2v) is 9.67. The number of aliphatic hydroxyl groups is 1. The highest BCUT2D eigenvalue weighted by Crippen LogP contribution is 2.42. The quantitative estimate of drug-likeness (QED) is 0.557. The fourth-order valence-corrected chi connectivity index (χ4v) is 5.78. The molecule has 2 heterocycles. The largest absolute Gasteiger partial charge is 0.481 e. The maximum atomic E-state index is 12.6. The highest BCUT2D eigenvalue weighted by atomic mass is 16.5. The van der Waals surface area contributed by atoms with Gasteiger partial charge in [0, 0.05) is 17.6 Å². The average Bonchev–Trinajstić information content (AvgIpc) is 3.28. The van der Waals surface area contributed by atoms with E-state index in [0.29, 0.717) is 18.7 Å². The number of nitrogens with zero attached hydrogens (tertiary/aromatic N) is 3. The Morgan fingerprint density at radius 3 is 2.60 bits per heavy atom. The van der Waals surface area contributed by atoms with Gasteiger partial charge >= 0.3 is 12.1 Å². The van der Waals surface area contributed by atoms with Crippen molar-refractivity contribution >= 4 is 28.8 Å². The minimum absolute atomic E-state index is 0.00136. The predicted octanol–water partition coefficient (Wildman–Crippen LogP) is 4.84. The number of aliphatic carboxylic acids is 1. The third-order valence-electron chi connectivity index (χ3n) is 7.57. The Morgan fingerprint density at radius 2 is 1.89 bits per heavy atom. The molecule has 8 nitrogen and oxygen atoms in total. The molecule has 1 aliphatic carbocycles. The van der Waals surface area contributed by atoms with Crippen LogP contribution in [0.15, 0.2) is 42.5 Å². The number of carbonyl (C=O) groups excluding carboxylic acids is 1. The average molecular weight is 478 g/mol. The Balaban J connectivity index is 1.69. The van der Waals surface area contributed by atoms with Crippen LogP contribution in [-0.2, 0) is 16.0 Å². The lowest BCUT2D eigenvalue weighted by Crippen LogP contribution is -2.42. The van der Waals surface area contributed by atoms with Gasteiger partial charge in [-0.1, -0.05) is 36.8 Å². The molecular formula is C27H31N3O5. The third-order valence-corrected chi connectivity index (χ3v) is 7.57. The number of fused-ring (bicyclic) bond motifs is 3. The molecule has 3 aromatic rings. The number of benzene rings is 2. The van der Waals surface area contributed by atoms with Gasteiger partial charge in [-0.2, -0.15) is 0 Å². The van der Waals surface area contributed by atoms with Crippen LogP contribution in [0.4, 0.5) is 10.5 Å². The minimum atomic E-state index is -0.955. The van der Waals surface area contributed by atoms with Gasteiger partial charge in [0.15, 0.2) is 0 Å². The van der Waals surface area contributed by atoms with Gasteiger partial charge < -0.3 is 19.5 Å². The number of carboxylic acids is 1. The van der Waals surface area contributed by atoms with Crippen molar-refractivity contribution in [1.82, 2.24) is 9.55 Å². The number of carboxylic acid groups (broad SMARTS) is 1. The first kappa shape index (κ1) is 23.4. The van der Waals surface area contributed by atoms with Gasteiger partial charge in [0.1, 0.15) is 11.9 Å². The molecule has 1 aliphatic heterocycles. The predicted molar refractivity (Wildman–Crippen MR) is 132 cm³/mol. The van der Waals surface area contributed by atoms with Crippen LogP contribution < -0.4 is 4.90 Å². The molecule has 4 atom stereocenters. The van der Waals surface area contributed by atoms with Crippen LogP contribution in [0.1, 0.15) is 68.1 Å². The number of amides is 1. The summed E-state index contributed by atoms with van der Waals surface area (Å²) in [5.41, 5.74) is 4.08. The van der Waals surface area contributed by atoms with Crippen molar-refractivity contribution in [3.63, 3.8) is 0 Å². The van der Waals surface area contributed by atoms with Crippen LogP contribution in [0.3, 0.4) is 0 Å². The number of hydrogen-bond donors (Lipinski definition) is 2. The van der Waals surface area contributed by atoms with E-state index in [0.717, 1.165) is 53.5 Å². The van der Waals surface area contributed by atoms with Gasteiger partial charge in [0.05, 0.1) is 29.7 Å². The van der Waals surface area contributed by atoms with Gasteiger partial charge in [0.2, 0.25) is 0 Å². The number of aromatic nitrogens is 2. The molecule has 1 aromatic heterocycles. The Bertz CT molecular complexity index is 1250. The van der Waals surface area contributed by atoms with E-state index in [1.165, 1.54) is 7.11 Å². The molecule has 35 heavy (non-hydrogen) atoms. The molecule has 1 amide bonds. The van der Waals surface area contributed by atoms with Crippen LogP contribution in [0.2, 0.25) is 0 Å². The molecular weight excluding hydrogens is 446 g/mol. The normalized spacial score (nSPS) is 23.1. The summed E-state index contributed by atoms with van der Waals surface area (Å²) in [7, 11) is 1.38. The molecule has 5 rings (SSSR count). The van der Waals surface area contributed by atoms with Crippen LogP contribution in [0.5, 0.6) is 0 Å². The topological polar surface area (TPSA) is 105 Å². The van der Waals surface area contributed by atoms with Crippen molar-refractivity contribution in [1.29, 1.82) is 0 Å². The second-order valence-electron chi connectivity index (χ2n) is 9.67. The van der Waals surface area contributed by atoms with Gasteiger partial charge in [-0.25, -0.2) is 9.78 Å². The van der Waals surface area contributed by atoms with Gasteiger partial charge in [0.25, 0.3) is 0 Å². The van der Waals surface area contributed by atoms with Crippen LogP contribution in [0, 0.1) is 5.92 Å². The lowest BCUT2D eigenvalue weighted by Gasteiger charge is -2.34. The summed E-state index contributed by atoms with van der Waals surface area (Å²) in [4.78, 5) is 31.0. The first-order valence-electron chi connectivity index (χ1n) is 12.3. The maximum Gasteiger partial charge on any atom is 0.414 e. The van der Waals surface area contributed by atoms with Crippen molar-refractivity contribution in [3.8, 4) is 0 Å². The van der Waals surface area contributed by atoms with Crippen molar-refractivity contribution in [3.05, 3.63) is 59.4 Å². The first-order valence-corrected chi connectivity index (χ1v) is 12.3. The van der Waals surface area contributed by atoms with Crippen molar-refractivity contribution in [2.45, 2.75) is 63.6 Å². The van der Waals surface area contributed by atoms with Gasteiger partial charge in [-0.05, 0) is 56.7 Å². The molecule has 0 radical (unpaired) electrons. The van der Waals surface area contributed by atoms with E-state index in [4.69, 9.17) is 9.72 Å². The minimum Gasteiger partial charge on any atom is -0.481 e. The molecule has 2 N–H and O–H groups in total. The van der Waals surface area contributed by atoms with Crippen LogP contribution in [0.25, 0.3) is 11.0 Å². The van der Waals surface area contributed by atoms with Crippen molar-refractivity contribution in [2.24, 2.45) is 5.92 Å². The molecule has 2 aliphatic rings. The molecule has 0 spiro atoms. The number of aliphatic hydroxyl groups excluding tert-OH is 1.